The first-order chi connectivity index (χ1) is 7.69. The van der Waals surface area contributed by atoms with Crippen molar-refractivity contribution in [2.75, 3.05) is 0 Å². The van der Waals surface area contributed by atoms with E-state index in [-0.39, 0.29) is 11.9 Å². The highest BCUT2D eigenvalue weighted by molar-refractivity contribution is 6.31. The van der Waals surface area contributed by atoms with E-state index >= 15 is 0 Å². The highest BCUT2D eigenvalue weighted by Gasteiger charge is 2.13. The van der Waals surface area contributed by atoms with Crippen LogP contribution in [0.3, 0.4) is 0 Å². The summed E-state index contributed by atoms with van der Waals surface area (Å²) in [5.74, 6) is 5.19. The third-order valence-corrected chi connectivity index (χ3v) is 3.01. The quantitative estimate of drug-likeness (QED) is 0.596. The van der Waals surface area contributed by atoms with E-state index in [1.807, 2.05) is 0 Å². The number of hydrogen-bond acceptors (Lipinski definition) is 2. The van der Waals surface area contributed by atoms with Crippen LogP contribution in [-0.2, 0) is 6.42 Å². The Hall–Kier alpha value is -0.640. The average Bonchev–Trinajstić information content (AvgIpc) is 2.28. The van der Waals surface area contributed by atoms with Crippen LogP contribution < -0.4 is 11.3 Å². The molecule has 90 valence electrons. The molecule has 16 heavy (non-hydrogen) atoms. The summed E-state index contributed by atoms with van der Waals surface area (Å²) >= 11 is 5.96. The molecule has 2 nitrogen and oxygen atoms in total. The second-order valence-corrected chi connectivity index (χ2v) is 4.32. The van der Waals surface area contributed by atoms with E-state index in [0.717, 1.165) is 19.3 Å². The summed E-state index contributed by atoms with van der Waals surface area (Å²) in [6.07, 6.45) is 3.63. The summed E-state index contributed by atoms with van der Waals surface area (Å²) in [5, 5.41) is 0.469. The molecule has 0 saturated carbocycles. The Morgan fingerprint density at radius 3 is 2.81 bits per heavy atom. The molecule has 0 saturated heterocycles. The SMILES string of the molecule is CCCCC(Cc1c(F)cccc1Cl)NN. The molecule has 0 spiro atoms. The summed E-state index contributed by atoms with van der Waals surface area (Å²) in [4.78, 5) is 0. The molecule has 0 fully saturated rings. The lowest BCUT2D eigenvalue weighted by atomic mass is 10.0. The van der Waals surface area contributed by atoms with Crippen LogP contribution in [0.25, 0.3) is 0 Å². The molecule has 1 aromatic rings. The van der Waals surface area contributed by atoms with E-state index in [1.54, 1.807) is 12.1 Å². The van der Waals surface area contributed by atoms with Crippen LogP contribution in [0, 0.1) is 5.82 Å². The smallest absolute Gasteiger partial charge is 0.127 e. The molecule has 0 aliphatic rings. The number of nitrogens with two attached hydrogens (primary N) is 1. The average molecular weight is 245 g/mol. The van der Waals surface area contributed by atoms with E-state index in [4.69, 9.17) is 17.4 Å². The fourth-order valence-corrected chi connectivity index (χ4v) is 1.91. The molecule has 1 atom stereocenters. The molecule has 0 aliphatic heterocycles. The van der Waals surface area contributed by atoms with E-state index in [9.17, 15) is 4.39 Å². The van der Waals surface area contributed by atoms with Gasteiger partial charge < -0.3 is 0 Å². The minimum absolute atomic E-state index is 0.0781. The summed E-state index contributed by atoms with van der Waals surface area (Å²) in [6.45, 7) is 2.11. The van der Waals surface area contributed by atoms with Gasteiger partial charge in [-0.15, -0.1) is 0 Å². The van der Waals surface area contributed by atoms with E-state index in [2.05, 4.69) is 12.3 Å². The van der Waals surface area contributed by atoms with Gasteiger partial charge in [-0.05, 0) is 25.0 Å². The molecule has 0 amide bonds. The second kappa shape index (κ2) is 6.84. The first-order valence-electron chi connectivity index (χ1n) is 5.58. The topological polar surface area (TPSA) is 38.0 Å². The molecular weight excluding hydrogens is 227 g/mol. The number of halogens is 2. The Morgan fingerprint density at radius 2 is 2.25 bits per heavy atom. The molecule has 3 N–H and O–H groups in total. The molecule has 0 bridgehead atoms. The first kappa shape index (κ1) is 13.4. The molecular formula is C12H18ClFN2. The predicted octanol–water partition coefficient (Wildman–Crippen LogP) is 3.04. The molecule has 0 radical (unpaired) electrons. The van der Waals surface area contributed by atoms with Crippen molar-refractivity contribution in [1.29, 1.82) is 0 Å². The summed E-state index contributed by atoms with van der Waals surface area (Å²) in [6, 6.07) is 4.81. The van der Waals surface area contributed by atoms with Crippen molar-refractivity contribution in [2.24, 2.45) is 5.84 Å². The predicted molar refractivity (Wildman–Crippen MR) is 65.8 cm³/mol. The first-order valence-corrected chi connectivity index (χ1v) is 5.95. The van der Waals surface area contributed by atoms with Gasteiger partial charge in [0, 0.05) is 16.6 Å². The minimum atomic E-state index is -0.260. The monoisotopic (exact) mass is 244 g/mol. The number of nitrogens with one attached hydrogen (secondary N) is 1. The molecule has 0 heterocycles. The van der Waals surface area contributed by atoms with E-state index in [0.29, 0.717) is 17.0 Å². The minimum Gasteiger partial charge on any atom is -0.271 e. The third-order valence-electron chi connectivity index (χ3n) is 2.65. The Bertz CT molecular complexity index is 311. The van der Waals surface area contributed by atoms with Gasteiger partial charge in [0.25, 0.3) is 0 Å². The standard InChI is InChI=1S/C12H18ClFN2/c1-2-3-5-9(16-15)8-10-11(13)6-4-7-12(10)14/h4,6-7,9,16H,2-3,5,8,15H2,1H3. The lowest BCUT2D eigenvalue weighted by Crippen LogP contribution is -2.37. The zero-order chi connectivity index (χ0) is 12.0. The molecule has 1 rings (SSSR count). The van der Waals surface area contributed by atoms with Gasteiger partial charge in [-0.25, -0.2) is 4.39 Å². The van der Waals surface area contributed by atoms with E-state index in [1.165, 1.54) is 6.07 Å². The van der Waals surface area contributed by atoms with Crippen molar-refractivity contribution >= 4 is 11.6 Å². The lowest BCUT2D eigenvalue weighted by molar-refractivity contribution is 0.464. The van der Waals surface area contributed by atoms with Gasteiger partial charge in [-0.2, -0.15) is 0 Å². The summed E-state index contributed by atoms with van der Waals surface area (Å²) in [7, 11) is 0. The third kappa shape index (κ3) is 3.74. The number of hydrazine groups is 1. The van der Waals surface area contributed by atoms with Gasteiger partial charge in [0.1, 0.15) is 5.82 Å². The van der Waals surface area contributed by atoms with Gasteiger partial charge in [0.2, 0.25) is 0 Å². The van der Waals surface area contributed by atoms with Gasteiger partial charge in [0.05, 0.1) is 0 Å². The van der Waals surface area contributed by atoms with Crippen molar-refractivity contribution in [1.82, 2.24) is 5.43 Å². The molecule has 0 aliphatic carbocycles. The maximum absolute atomic E-state index is 13.5. The zero-order valence-electron chi connectivity index (χ0n) is 9.47. The Morgan fingerprint density at radius 1 is 1.50 bits per heavy atom. The summed E-state index contributed by atoms with van der Waals surface area (Å²) in [5.41, 5.74) is 3.26. The fraction of sp³-hybridized carbons (Fsp3) is 0.500. The summed E-state index contributed by atoms with van der Waals surface area (Å²) < 4.78 is 13.5. The van der Waals surface area contributed by atoms with Crippen molar-refractivity contribution < 1.29 is 4.39 Å². The van der Waals surface area contributed by atoms with Crippen LogP contribution >= 0.6 is 11.6 Å². The molecule has 0 aromatic heterocycles. The molecule has 1 aromatic carbocycles. The maximum atomic E-state index is 13.5. The van der Waals surface area contributed by atoms with Crippen LogP contribution in [0.1, 0.15) is 31.7 Å². The van der Waals surface area contributed by atoms with E-state index < -0.39 is 0 Å². The van der Waals surface area contributed by atoms with Gasteiger partial charge in [-0.1, -0.05) is 37.4 Å². The molecule has 1 unspecified atom stereocenters. The second-order valence-electron chi connectivity index (χ2n) is 3.91. The van der Waals surface area contributed by atoms with Crippen molar-refractivity contribution in [2.45, 2.75) is 38.6 Å². The highest BCUT2D eigenvalue weighted by atomic mass is 35.5. The molecule has 4 heteroatoms. The van der Waals surface area contributed by atoms with Crippen LogP contribution in [0.5, 0.6) is 0 Å². The lowest BCUT2D eigenvalue weighted by Gasteiger charge is -2.16. The van der Waals surface area contributed by atoms with Crippen LogP contribution in [-0.4, -0.2) is 6.04 Å². The van der Waals surface area contributed by atoms with Crippen LogP contribution in [0.4, 0.5) is 4.39 Å². The Labute approximate surface area is 101 Å². The van der Waals surface area contributed by atoms with Crippen LogP contribution in [0.15, 0.2) is 18.2 Å². The number of benzene rings is 1. The maximum Gasteiger partial charge on any atom is 0.127 e. The Kier molecular flexibility index (Phi) is 5.74. The number of hydrogen-bond donors (Lipinski definition) is 2. The van der Waals surface area contributed by atoms with Crippen molar-refractivity contribution in [3.63, 3.8) is 0 Å². The number of unbranched alkanes of at least 4 members (excludes halogenated alkanes) is 1. The van der Waals surface area contributed by atoms with Crippen molar-refractivity contribution in [3.8, 4) is 0 Å². The highest BCUT2D eigenvalue weighted by Crippen LogP contribution is 2.21. The van der Waals surface area contributed by atoms with Crippen molar-refractivity contribution in [3.05, 3.63) is 34.6 Å². The fourth-order valence-electron chi connectivity index (χ4n) is 1.67. The van der Waals surface area contributed by atoms with Gasteiger partial charge in [-0.3, -0.25) is 11.3 Å². The van der Waals surface area contributed by atoms with Crippen LogP contribution in [0.2, 0.25) is 5.02 Å². The largest absolute Gasteiger partial charge is 0.271 e. The zero-order valence-corrected chi connectivity index (χ0v) is 10.2. The van der Waals surface area contributed by atoms with Gasteiger partial charge in [0.15, 0.2) is 0 Å². The van der Waals surface area contributed by atoms with Gasteiger partial charge >= 0.3 is 0 Å². The normalized spacial score (nSPS) is 12.8. The number of rotatable bonds is 6. The Balaban J connectivity index is 2.69.